The number of amides is 1. The van der Waals surface area contributed by atoms with Crippen molar-refractivity contribution in [3.63, 3.8) is 0 Å². The molecule has 0 aliphatic heterocycles. The minimum absolute atomic E-state index is 0.0701. The van der Waals surface area contributed by atoms with Crippen LogP contribution in [0, 0.1) is 11.3 Å². The fourth-order valence-corrected chi connectivity index (χ4v) is 3.30. The quantitative estimate of drug-likeness (QED) is 0.792. The van der Waals surface area contributed by atoms with Crippen LogP contribution in [0.4, 0.5) is 8.68 Å². The van der Waals surface area contributed by atoms with Gasteiger partial charge in [-0.15, -0.1) is 3.89 Å². The summed E-state index contributed by atoms with van der Waals surface area (Å²) >= 11 is 0. The molecule has 7 heteroatoms. The topological polar surface area (TPSA) is 72.5 Å². The third-order valence-corrected chi connectivity index (χ3v) is 3.81. The summed E-state index contributed by atoms with van der Waals surface area (Å²) in [5.74, 6) is -0.724. The minimum atomic E-state index is -4.62. The molecule has 0 aromatic rings. The van der Waals surface area contributed by atoms with Crippen LogP contribution in [-0.2, 0) is 15.0 Å². The Morgan fingerprint density at radius 2 is 1.65 bits per heavy atom. The minimum Gasteiger partial charge on any atom is -0.444 e. The molecule has 0 saturated heterocycles. The van der Waals surface area contributed by atoms with Crippen molar-refractivity contribution in [3.05, 3.63) is 0 Å². The first-order valence-corrected chi connectivity index (χ1v) is 8.11. The van der Waals surface area contributed by atoms with Crippen molar-refractivity contribution in [3.8, 4) is 0 Å². The maximum absolute atomic E-state index is 12.9. The number of carbonyl (C=O) groups excluding carboxylic acids is 1. The number of halogens is 1. The van der Waals surface area contributed by atoms with Gasteiger partial charge in [0.05, 0.1) is 5.75 Å². The Labute approximate surface area is 121 Å². The second-order valence-electron chi connectivity index (χ2n) is 7.04. The second-order valence-corrected chi connectivity index (χ2v) is 8.41. The van der Waals surface area contributed by atoms with E-state index in [1.165, 1.54) is 0 Å². The maximum atomic E-state index is 12.9. The third-order valence-electron chi connectivity index (χ3n) is 2.73. The van der Waals surface area contributed by atoms with E-state index in [1.54, 1.807) is 34.6 Å². The van der Waals surface area contributed by atoms with Crippen LogP contribution in [0.2, 0.25) is 0 Å². The molecule has 1 amide bonds. The molecule has 0 radical (unpaired) electrons. The van der Waals surface area contributed by atoms with E-state index in [-0.39, 0.29) is 5.92 Å². The van der Waals surface area contributed by atoms with Gasteiger partial charge in [-0.3, -0.25) is 0 Å². The van der Waals surface area contributed by atoms with Crippen molar-refractivity contribution in [1.29, 1.82) is 0 Å². The van der Waals surface area contributed by atoms with Crippen molar-refractivity contribution < 1.29 is 21.8 Å². The molecule has 20 heavy (non-hydrogen) atoms. The molecule has 0 aromatic heterocycles. The van der Waals surface area contributed by atoms with Crippen molar-refractivity contribution in [2.24, 2.45) is 11.3 Å². The first-order valence-electron chi connectivity index (χ1n) is 6.56. The van der Waals surface area contributed by atoms with Gasteiger partial charge in [-0.05, 0) is 26.7 Å². The molecule has 1 N–H and O–H groups in total. The van der Waals surface area contributed by atoms with Crippen molar-refractivity contribution >= 4 is 16.3 Å². The third kappa shape index (κ3) is 7.67. The number of rotatable bonds is 5. The molecule has 0 heterocycles. The molecule has 0 fully saturated rings. The average molecular weight is 311 g/mol. The van der Waals surface area contributed by atoms with Crippen LogP contribution in [-0.4, -0.2) is 31.9 Å². The van der Waals surface area contributed by atoms with Gasteiger partial charge in [0.15, 0.2) is 0 Å². The SMILES string of the molecule is CC(C)C(NC(=O)OC(C)(C)C)C(C)(C)CS(=O)(=O)F. The zero-order chi connectivity index (χ0) is 16.4. The molecule has 5 nitrogen and oxygen atoms in total. The normalized spacial score (nSPS) is 15.1. The Morgan fingerprint density at radius 3 is 1.95 bits per heavy atom. The number of nitrogens with one attached hydrogen (secondary N) is 1. The molecule has 0 aliphatic carbocycles. The van der Waals surface area contributed by atoms with Crippen LogP contribution in [0.15, 0.2) is 0 Å². The van der Waals surface area contributed by atoms with E-state index in [2.05, 4.69) is 5.32 Å². The van der Waals surface area contributed by atoms with Gasteiger partial charge in [0, 0.05) is 11.5 Å². The van der Waals surface area contributed by atoms with E-state index in [0.717, 1.165) is 0 Å². The first-order chi connectivity index (χ1) is 8.64. The molecular weight excluding hydrogens is 285 g/mol. The zero-order valence-corrected chi connectivity index (χ0v) is 14.1. The van der Waals surface area contributed by atoms with Crippen LogP contribution in [0.3, 0.4) is 0 Å². The number of hydrogen-bond acceptors (Lipinski definition) is 4. The van der Waals surface area contributed by atoms with Crippen molar-refractivity contribution in [2.75, 3.05) is 5.75 Å². The molecule has 0 spiro atoms. The Kier molecular flexibility index (Phi) is 6.02. The van der Waals surface area contributed by atoms with Gasteiger partial charge in [0.25, 0.3) is 0 Å². The van der Waals surface area contributed by atoms with Gasteiger partial charge in [-0.1, -0.05) is 27.7 Å². The van der Waals surface area contributed by atoms with E-state index in [4.69, 9.17) is 4.74 Å². The van der Waals surface area contributed by atoms with E-state index >= 15 is 0 Å². The van der Waals surface area contributed by atoms with Crippen LogP contribution in [0.25, 0.3) is 0 Å². The molecular formula is C13H26FNO4S. The summed E-state index contributed by atoms with van der Waals surface area (Å²) < 4.78 is 39.9. The van der Waals surface area contributed by atoms with E-state index in [1.807, 2.05) is 13.8 Å². The lowest BCUT2D eigenvalue weighted by molar-refractivity contribution is 0.0436. The highest BCUT2D eigenvalue weighted by Crippen LogP contribution is 2.29. The maximum Gasteiger partial charge on any atom is 0.407 e. The summed E-state index contributed by atoms with van der Waals surface area (Å²) in [6, 6.07) is -0.525. The highest BCUT2D eigenvalue weighted by Gasteiger charge is 2.38. The Morgan fingerprint density at radius 1 is 1.20 bits per heavy atom. The van der Waals surface area contributed by atoms with Gasteiger partial charge >= 0.3 is 16.3 Å². The average Bonchev–Trinajstić information content (AvgIpc) is 2.05. The fraction of sp³-hybridized carbons (Fsp3) is 0.923. The monoisotopic (exact) mass is 311 g/mol. The predicted octanol–water partition coefficient (Wildman–Crippen LogP) is 2.86. The lowest BCUT2D eigenvalue weighted by Crippen LogP contribution is -2.51. The number of hydrogen-bond donors (Lipinski definition) is 1. The highest BCUT2D eigenvalue weighted by molar-refractivity contribution is 7.86. The van der Waals surface area contributed by atoms with Crippen LogP contribution >= 0.6 is 0 Å². The number of ether oxygens (including phenoxy) is 1. The Balaban J connectivity index is 5.03. The Hall–Kier alpha value is -0.850. The lowest BCUT2D eigenvalue weighted by atomic mass is 9.80. The molecule has 0 rings (SSSR count). The summed E-state index contributed by atoms with van der Waals surface area (Å²) in [6.07, 6.45) is -0.638. The van der Waals surface area contributed by atoms with Crippen molar-refractivity contribution in [1.82, 2.24) is 5.32 Å². The first kappa shape index (κ1) is 19.1. The molecule has 120 valence electrons. The van der Waals surface area contributed by atoms with Gasteiger partial charge in [-0.2, -0.15) is 8.42 Å². The summed E-state index contributed by atoms with van der Waals surface area (Å²) in [5, 5.41) is 2.64. The lowest BCUT2D eigenvalue weighted by Gasteiger charge is -2.36. The largest absolute Gasteiger partial charge is 0.444 e. The summed E-state index contributed by atoms with van der Waals surface area (Å²) in [4.78, 5) is 11.8. The van der Waals surface area contributed by atoms with E-state index < -0.39 is 39.1 Å². The van der Waals surface area contributed by atoms with Gasteiger partial charge in [0.1, 0.15) is 5.60 Å². The zero-order valence-electron chi connectivity index (χ0n) is 13.3. The standard InChI is InChI=1S/C13H26FNO4S/c1-9(2)10(13(6,7)8-20(14,17)18)15-11(16)19-12(3,4)5/h9-10H,8H2,1-7H3,(H,15,16). The van der Waals surface area contributed by atoms with Crippen LogP contribution < -0.4 is 5.32 Å². The molecule has 0 bridgehead atoms. The van der Waals surface area contributed by atoms with Crippen LogP contribution in [0.1, 0.15) is 48.5 Å². The van der Waals surface area contributed by atoms with E-state index in [0.29, 0.717) is 0 Å². The molecule has 0 saturated carbocycles. The van der Waals surface area contributed by atoms with Gasteiger partial charge < -0.3 is 10.1 Å². The summed E-state index contributed by atoms with van der Waals surface area (Å²) in [6.45, 7) is 12.1. The van der Waals surface area contributed by atoms with Crippen LogP contribution in [0.5, 0.6) is 0 Å². The van der Waals surface area contributed by atoms with Gasteiger partial charge in [0.2, 0.25) is 0 Å². The predicted molar refractivity (Wildman–Crippen MR) is 76.7 cm³/mol. The molecule has 0 aliphatic rings. The number of carbonyl (C=O) groups is 1. The smallest absolute Gasteiger partial charge is 0.407 e. The Bertz CT molecular complexity index is 438. The molecule has 1 atom stereocenters. The molecule has 0 aromatic carbocycles. The molecule has 1 unspecified atom stereocenters. The van der Waals surface area contributed by atoms with E-state index in [9.17, 15) is 17.1 Å². The van der Waals surface area contributed by atoms with Crippen molar-refractivity contribution in [2.45, 2.75) is 60.1 Å². The number of alkyl carbamates (subject to hydrolysis) is 1. The summed E-state index contributed by atoms with van der Waals surface area (Å²) in [5.41, 5.74) is -1.60. The highest BCUT2D eigenvalue weighted by atomic mass is 32.3. The fourth-order valence-electron chi connectivity index (χ4n) is 2.23. The second kappa shape index (κ2) is 6.28. The summed E-state index contributed by atoms with van der Waals surface area (Å²) in [7, 11) is -4.62. The van der Waals surface area contributed by atoms with Gasteiger partial charge in [-0.25, -0.2) is 4.79 Å².